The van der Waals surface area contributed by atoms with Crippen molar-refractivity contribution >= 4 is 22.5 Å². The molecule has 0 atom stereocenters. The van der Waals surface area contributed by atoms with E-state index in [0.29, 0.717) is 13.1 Å². The van der Waals surface area contributed by atoms with E-state index in [1.54, 1.807) is 16.2 Å². The maximum atomic E-state index is 12.7. The Morgan fingerprint density at radius 3 is 2.38 bits per heavy atom. The topological polar surface area (TPSA) is 47.2 Å². The molecule has 0 unspecified atom stereocenters. The number of imidazole rings is 1. The lowest BCUT2D eigenvalue weighted by atomic mass is 9.99. The van der Waals surface area contributed by atoms with Crippen molar-refractivity contribution in [2.45, 2.75) is 13.0 Å². The molecule has 0 N–H and O–H groups in total. The van der Waals surface area contributed by atoms with Crippen LogP contribution in [-0.2, 0) is 18.4 Å². The van der Waals surface area contributed by atoms with Crippen LogP contribution in [0.1, 0.15) is 12.0 Å². The highest BCUT2D eigenvalue weighted by molar-refractivity contribution is 5.82. The van der Waals surface area contributed by atoms with Gasteiger partial charge in [-0.2, -0.15) is 0 Å². The van der Waals surface area contributed by atoms with E-state index in [0.717, 1.165) is 17.5 Å². The summed E-state index contributed by atoms with van der Waals surface area (Å²) >= 11 is 0. The van der Waals surface area contributed by atoms with Crippen LogP contribution < -0.4 is 5.69 Å². The van der Waals surface area contributed by atoms with Crippen LogP contribution >= 0.6 is 0 Å². The fourth-order valence-electron chi connectivity index (χ4n) is 3.56. The first-order valence-corrected chi connectivity index (χ1v) is 8.81. The highest BCUT2D eigenvalue weighted by Crippen LogP contribution is 2.22. The third-order valence-corrected chi connectivity index (χ3v) is 5.05. The molecule has 0 saturated carbocycles. The van der Waals surface area contributed by atoms with Gasteiger partial charge in [0.1, 0.15) is 6.54 Å². The van der Waals surface area contributed by atoms with Gasteiger partial charge in [0.2, 0.25) is 5.91 Å². The highest BCUT2D eigenvalue weighted by Gasteiger charge is 2.20. The minimum Gasteiger partial charge on any atom is -0.337 e. The Labute approximate surface area is 151 Å². The number of fused-ring (bicyclic) bond motifs is 1. The minimum atomic E-state index is -0.155. The number of rotatable bonds is 3. The van der Waals surface area contributed by atoms with Gasteiger partial charge in [-0.15, -0.1) is 0 Å². The molecule has 1 aliphatic heterocycles. The lowest BCUT2D eigenvalue weighted by Crippen LogP contribution is -2.39. The number of aryl methyl sites for hydroxylation is 1. The van der Waals surface area contributed by atoms with Gasteiger partial charge in [0.05, 0.1) is 11.0 Å². The van der Waals surface area contributed by atoms with Crippen molar-refractivity contribution in [2.24, 2.45) is 7.05 Å². The minimum absolute atomic E-state index is 0.0215. The Hall–Kier alpha value is -3.08. The van der Waals surface area contributed by atoms with E-state index in [2.05, 4.69) is 18.2 Å². The van der Waals surface area contributed by atoms with Crippen LogP contribution in [0.5, 0.6) is 0 Å². The molecular formula is C21H21N3O2. The third kappa shape index (κ3) is 2.86. The molecule has 5 nitrogen and oxygen atoms in total. The fourth-order valence-corrected chi connectivity index (χ4v) is 3.56. The summed E-state index contributed by atoms with van der Waals surface area (Å²) in [6.45, 7) is 1.34. The lowest BCUT2D eigenvalue weighted by molar-refractivity contribution is -0.131. The van der Waals surface area contributed by atoms with Crippen molar-refractivity contribution in [2.75, 3.05) is 13.1 Å². The Balaban J connectivity index is 1.53. The zero-order valence-electron chi connectivity index (χ0n) is 14.8. The highest BCUT2D eigenvalue weighted by atomic mass is 16.2. The molecule has 1 aromatic heterocycles. The molecule has 132 valence electrons. The molecule has 5 heteroatoms. The first kappa shape index (κ1) is 16.4. The monoisotopic (exact) mass is 347 g/mol. The van der Waals surface area contributed by atoms with Crippen LogP contribution in [0.2, 0.25) is 0 Å². The molecule has 0 saturated heterocycles. The first-order valence-electron chi connectivity index (χ1n) is 8.81. The smallest absolute Gasteiger partial charge is 0.329 e. The number of amides is 1. The Bertz CT molecular complexity index is 1040. The lowest BCUT2D eigenvalue weighted by Gasteiger charge is -2.27. The normalized spacial score (nSPS) is 14.5. The van der Waals surface area contributed by atoms with Gasteiger partial charge in [0.25, 0.3) is 0 Å². The summed E-state index contributed by atoms with van der Waals surface area (Å²) in [7, 11) is 1.74. The van der Waals surface area contributed by atoms with E-state index in [1.165, 1.54) is 11.1 Å². The first-order chi connectivity index (χ1) is 12.6. The summed E-state index contributed by atoms with van der Waals surface area (Å²) in [5.74, 6) is -0.0215. The zero-order chi connectivity index (χ0) is 18.1. The predicted molar refractivity (Wildman–Crippen MR) is 103 cm³/mol. The molecule has 2 heterocycles. The number of aromatic nitrogens is 2. The van der Waals surface area contributed by atoms with Crippen molar-refractivity contribution in [3.63, 3.8) is 0 Å². The van der Waals surface area contributed by atoms with Gasteiger partial charge in [0.15, 0.2) is 0 Å². The maximum Gasteiger partial charge on any atom is 0.329 e. The molecule has 0 spiro atoms. The number of hydrogen-bond acceptors (Lipinski definition) is 2. The van der Waals surface area contributed by atoms with E-state index in [4.69, 9.17) is 0 Å². The van der Waals surface area contributed by atoms with Crippen LogP contribution in [0.25, 0.3) is 16.6 Å². The molecule has 0 aliphatic carbocycles. The number of para-hydroxylation sites is 2. The molecule has 0 fully saturated rings. The number of nitrogens with zero attached hydrogens (tertiary/aromatic N) is 3. The van der Waals surface area contributed by atoms with Crippen LogP contribution in [0, 0.1) is 0 Å². The maximum absolute atomic E-state index is 12.7. The Kier molecular flexibility index (Phi) is 4.21. The number of benzene rings is 2. The predicted octanol–water partition coefficient (Wildman–Crippen LogP) is 2.66. The van der Waals surface area contributed by atoms with Crippen LogP contribution in [-0.4, -0.2) is 33.0 Å². The van der Waals surface area contributed by atoms with Gasteiger partial charge >= 0.3 is 5.69 Å². The average Bonchev–Trinajstić information content (AvgIpc) is 2.94. The quantitative estimate of drug-likeness (QED) is 0.731. The van der Waals surface area contributed by atoms with Gasteiger partial charge in [-0.3, -0.25) is 13.9 Å². The van der Waals surface area contributed by atoms with Crippen molar-refractivity contribution in [3.8, 4) is 0 Å². The SMILES string of the molecule is Cn1c(=O)n(CC(=O)N2CC=C(c3ccccc3)CC2)c2ccccc21. The summed E-state index contributed by atoms with van der Waals surface area (Å²) in [5.41, 5.74) is 3.97. The van der Waals surface area contributed by atoms with Crippen LogP contribution in [0.15, 0.2) is 65.5 Å². The van der Waals surface area contributed by atoms with Crippen LogP contribution in [0.4, 0.5) is 0 Å². The third-order valence-electron chi connectivity index (χ3n) is 5.05. The van der Waals surface area contributed by atoms with Gasteiger partial charge in [-0.05, 0) is 29.7 Å². The summed E-state index contributed by atoms with van der Waals surface area (Å²) in [6.07, 6.45) is 2.95. The average molecular weight is 347 g/mol. The van der Waals surface area contributed by atoms with E-state index in [9.17, 15) is 9.59 Å². The van der Waals surface area contributed by atoms with Gasteiger partial charge in [-0.1, -0.05) is 48.5 Å². The van der Waals surface area contributed by atoms with Crippen molar-refractivity contribution in [3.05, 3.63) is 76.7 Å². The Morgan fingerprint density at radius 2 is 1.69 bits per heavy atom. The summed E-state index contributed by atoms with van der Waals surface area (Å²) in [5, 5.41) is 0. The second kappa shape index (κ2) is 6.67. The molecule has 1 aliphatic rings. The number of carbonyl (C=O) groups is 1. The standard InChI is InChI=1S/C21H21N3O2/c1-22-18-9-5-6-10-19(18)24(21(22)26)15-20(25)23-13-11-17(12-14-23)16-7-3-2-4-8-16/h2-11H,12-15H2,1H3. The molecule has 0 bridgehead atoms. The van der Waals surface area contributed by atoms with E-state index >= 15 is 0 Å². The zero-order valence-corrected chi connectivity index (χ0v) is 14.8. The summed E-state index contributed by atoms with van der Waals surface area (Å²) in [6, 6.07) is 17.8. The second-order valence-corrected chi connectivity index (χ2v) is 6.60. The molecule has 1 amide bonds. The molecule has 26 heavy (non-hydrogen) atoms. The fraction of sp³-hybridized carbons (Fsp3) is 0.238. The van der Waals surface area contributed by atoms with E-state index in [-0.39, 0.29) is 18.1 Å². The van der Waals surface area contributed by atoms with E-state index in [1.807, 2.05) is 47.4 Å². The van der Waals surface area contributed by atoms with Crippen molar-refractivity contribution in [1.82, 2.24) is 14.0 Å². The van der Waals surface area contributed by atoms with Crippen LogP contribution in [0.3, 0.4) is 0 Å². The van der Waals surface area contributed by atoms with Crippen molar-refractivity contribution < 1.29 is 4.79 Å². The molecule has 4 rings (SSSR count). The van der Waals surface area contributed by atoms with Gasteiger partial charge in [-0.25, -0.2) is 4.79 Å². The molecule has 2 aromatic carbocycles. The summed E-state index contributed by atoms with van der Waals surface area (Å²) < 4.78 is 3.15. The molecule has 3 aromatic rings. The molecule has 0 radical (unpaired) electrons. The number of carbonyl (C=O) groups excluding carboxylic acids is 1. The second-order valence-electron chi connectivity index (χ2n) is 6.60. The summed E-state index contributed by atoms with van der Waals surface area (Å²) in [4.78, 5) is 27.1. The van der Waals surface area contributed by atoms with Gasteiger partial charge in [0, 0.05) is 20.1 Å². The van der Waals surface area contributed by atoms with Gasteiger partial charge < -0.3 is 4.90 Å². The molecular weight excluding hydrogens is 326 g/mol. The Morgan fingerprint density at radius 1 is 1.00 bits per heavy atom. The van der Waals surface area contributed by atoms with Crippen molar-refractivity contribution in [1.29, 1.82) is 0 Å². The number of hydrogen-bond donors (Lipinski definition) is 0. The largest absolute Gasteiger partial charge is 0.337 e. The van der Waals surface area contributed by atoms with E-state index < -0.39 is 0 Å².